The second kappa shape index (κ2) is 10.5. The van der Waals surface area contributed by atoms with Crippen LogP contribution in [0.4, 0.5) is 5.69 Å². The lowest BCUT2D eigenvalue weighted by Crippen LogP contribution is -2.29. The second-order valence-corrected chi connectivity index (χ2v) is 10.6. The van der Waals surface area contributed by atoms with Gasteiger partial charge in [-0.15, -0.1) is 11.3 Å². The SMILES string of the molecule is COc1ccc(C(C)C)cc1[C@@H]1[C@@H](C(=O)c2cccs2)[C@H](c2ccc(Cl)cc2)ON1c1ccccc1. The van der Waals surface area contributed by atoms with E-state index in [1.807, 2.05) is 83.2 Å². The summed E-state index contributed by atoms with van der Waals surface area (Å²) < 4.78 is 5.84. The van der Waals surface area contributed by atoms with Crippen LogP contribution in [0.3, 0.4) is 0 Å². The molecule has 6 heteroatoms. The largest absolute Gasteiger partial charge is 0.496 e. The van der Waals surface area contributed by atoms with E-state index in [4.69, 9.17) is 21.2 Å². The van der Waals surface area contributed by atoms with Gasteiger partial charge in [0, 0.05) is 10.6 Å². The van der Waals surface area contributed by atoms with Crippen LogP contribution in [0, 0.1) is 5.92 Å². The van der Waals surface area contributed by atoms with Gasteiger partial charge < -0.3 is 4.74 Å². The molecule has 1 aliphatic rings. The molecule has 0 amide bonds. The molecule has 0 bridgehead atoms. The summed E-state index contributed by atoms with van der Waals surface area (Å²) >= 11 is 7.66. The molecule has 184 valence electrons. The number of carbonyl (C=O) groups is 1. The lowest BCUT2D eigenvalue weighted by Gasteiger charge is -2.29. The standard InChI is InChI=1S/C30H28ClNO3S/c1-19(2)21-13-16-25(34-3)24(18-21)28-27(29(33)26-10-7-17-36-26)30(20-11-14-22(31)15-12-20)35-32(28)23-8-5-4-6-9-23/h4-19,27-28,30H,1-3H3/t27-,28+,30-/m0/s1. The van der Waals surface area contributed by atoms with Crippen molar-refractivity contribution in [3.05, 3.63) is 117 Å². The highest BCUT2D eigenvalue weighted by Crippen LogP contribution is 2.52. The van der Waals surface area contributed by atoms with E-state index < -0.39 is 18.1 Å². The van der Waals surface area contributed by atoms with Crippen LogP contribution in [0.1, 0.15) is 58.3 Å². The molecule has 0 unspecified atom stereocenters. The zero-order valence-corrected chi connectivity index (χ0v) is 22.0. The predicted molar refractivity (Wildman–Crippen MR) is 146 cm³/mol. The highest BCUT2D eigenvalue weighted by atomic mass is 35.5. The minimum absolute atomic E-state index is 0.0467. The van der Waals surface area contributed by atoms with Gasteiger partial charge in [-0.3, -0.25) is 9.63 Å². The van der Waals surface area contributed by atoms with Gasteiger partial charge in [0.25, 0.3) is 0 Å². The van der Waals surface area contributed by atoms with Crippen LogP contribution in [0.25, 0.3) is 0 Å². The first-order chi connectivity index (χ1) is 17.5. The highest BCUT2D eigenvalue weighted by Gasteiger charge is 2.50. The fourth-order valence-electron chi connectivity index (χ4n) is 4.81. The Morgan fingerprint density at radius 2 is 1.75 bits per heavy atom. The van der Waals surface area contributed by atoms with Gasteiger partial charge >= 0.3 is 0 Å². The number of halogens is 1. The number of hydrogen-bond donors (Lipinski definition) is 0. The molecule has 0 spiro atoms. The van der Waals surface area contributed by atoms with Crippen molar-refractivity contribution in [1.82, 2.24) is 0 Å². The van der Waals surface area contributed by atoms with Gasteiger partial charge in [0.2, 0.25) is 0 Å². The first-order valence-corrected chi connectivity index (χ1v) is 13.3. The molecule has 0 aliphatic carbocycles. The van der Waals surface area contributed by atoms with E-state index >= 15 is 0 Å². The quantitative estimate of drug-likeness (QED) is 0.231. The number of nitrogens with zero attached hydrogens (tertiary/aromatic N) is 1. The summed E-state index contributed by atoms with van der Waals surface area (Å²) in [5.74, 6) is 0.585. The molecule has 36 heavy (non-hydrogen) atoms. The number of ether oxygens (including phenoxy) is 1. The molecule has 5 rings (SSSR count). The van der Waals surface area contributed by atoms with Crippen molar-refractivity contribution < 1.29 is 14.4 Å². The third-order valence-corrected chi connectivity index (χ3v) is 7.80. The second-order valence-electron chi connectivity index (χ2n) is 9.21. The number of benzene rings is 3. The maximum absolute atomic E-state index is 14.2. The molecule has 1 aliphatic heterocycles. The number of Topliss-reactive ketones (excluding diaryl/α,β-unsaturated/α-hetero) is 1. The van der Waals surface area contributed by atoms with Crippen LogP contribution >= 0.6 is 22.9 Å². The zero-order valence-electron chi connectivity index (χ0n) is 20.4. The minimum Gasteiger partial charge on any atom is -0.496 e. The molecule has 3 aromatic carbocycles. The number of thiophene rings is 1. The summed E-state index contributed by atoms with van der Waals surface area (Å²) in [6, 6.07) is 27.1. The van der Waals surface area contributed by atoms with Crippen LogP contribution in [0.15, 0.2) is 90.3 Å². The third-order valence-electron chi connectivity index (χ3n) is 6.66. The number of methoxy groups -OCH3 is 1. The summed E-state index contributed by atoms with van der Waals surface area (Å²) in [5.41, 5.74) is 3.88. The highest BCUT2D eigenvalue weighted by molar-refractivity contribution is 7.12. The summed E-state index contributed by atoms with van der Waals surface area (Å²) in [5, 5.41) is 4.46. The van der Waals surface area contributed by atoms with Crippen LogP contribution in [0.2, 0.25) is 5.02 Å². The van der Waals surface area contributed by atoms with Crippen LogP contribution in [-0.4, -0.2) is 12.9 Å². The minimum atomic E-state index is -0.513. The summed E-state index contributed by atoms with van der Waals surface area (Å²) in [6.45, 7) is 4.33. The Bertz CT molecular complexity index is 1320. The topological polar surface area (TPSA) is 38.8 Å². The van der Waals surface area contributed by atoms with Crippen LogP contribution in [0.5, 0.6) is 5.75 Å². The molecule has 0 N–H and O–H groups in total. The van der Waals surface area contributed by atoms with Gasteiger partial charge in [-0.25, -0.2) is 5.06 Å². The molecule has 3 atom stereocenters. The lowest BCUT2D eigenvalue weighted by molar-refractivity contribution is 0.0602. The third kappa shape index (κ3) is 4.66. The molecule has 1 aromatic heterocycles. The Morgan fingerprint density at radius 1 is 1.00 bits per heavy atom. The van der Waals surface area contributed by atoms with Crippen LogP contribution in [-0.2, 0) is 4.84 Å². The molecule has 1 saturated heterocycles. The van der Waals surface area contributed by atoms with E-state index in [0.717, 1.165) is 22.6 Å². The van der Waals surface area contributed by atoms with Gasteiger partial charge in [-0.1, -0.05) is 67.9 Å². The monoisotopic (exact) mass is 517 g/mol. The average molecular weight is 518 g/mol. The predicted octanol–water partition coefficient (Wildman–Crippen LogP) is 8.27. The summed E-state index contributed by atoms with van der Waals surface area (Å²) in [4.78, 5) is 21.6. The van der Waals surface area contributed by atoms with E-state index in [1.54, 1.807) is 7.11 Å². The number of ketones is 1. The van der Waals surface area contributed by atoms with Gasteiger partial charge in [0.1, 0.15) is 11.9 Å². The van der Waals surface area contributed by atoms with Crippen molar-refractivity contribution >= 4 is 34.4 Å². The number of carbonyl (C=O) groups excluding carboxylic acids is 1. The summed E-state index contributed by atoms with van der Waals surface area (Å²) in [6.07, 6.45) is -0.505. The van der Waals surface area contributed by atoms with Gasteiger partial charge in [-0.2, -0.15) is 0 Å². The fourth-order valence-corrected chi connectivity index (χ4v) is 5.65. The van der Waals surface area contributed by atoms with Crippen molar-refractivity contribution in [2.45, 2.75) is 31.9 Å². The Labute approximate surface area is 221 Å². The van der Waals surface area contributed by atoms with Gasteiger partial charge in [0.15, 0.2) is 5.78 Å². The molecule has 4 nitrogen and oxygen atoms in total. The molecule has 0 radical (unpaired) electrons. The van der Waals surface area contributed by atoms with Gasteiger partial charge in [-0.05, 0) is 64.9 Å². The van der Waals surface area contributed by atoms with Crippen molar-refractivity contribution in [3.8, 4) is 5.75 Å². The number of hydroxylamine groups is 1. The van der Waals surface area contributed by atoms with Crippen molar-refractivity contribution in [2.24, 2.45) is 5.92 Å². The Hall–Kier alpha value is -3.12. The van der Waals surface area contributed by atoms with E-state index in [-0.39, 0.29) is 5.78 Å². The van der Waals surface area contributed by atoms with Gasteiger partial charge in [0.05, 0.1) is 29.6 Å². The van der Waals surface area contributed by atoms with Crippen molar-refractivity contribution in [1.29, 1.82) is 0 Å². The Kier molecular flexibility index (Phi) is 7.15. The normalized spacial score (nSPS) is 19.6. The Balaban J connectivity index is 1.73. The van der Waals surface area contributed by atoms with E-state index in [1.165, 1.54) is 16.9 Å². The van der Waals surface area contributed by atoms with Crippen LogP contribution < -0.4 is 9.80 Å². The number of hydrogen-bond acceptors (Lipinski definition) is 5. The number of para-hydroxylation sites is 1. The molecular formula is C30H28ClNO3S. The molecule has 1 fully saturated rings. The van der Waals surface area contributed by atoms with Crippen molar-refractivity contribution in [3.63, 3.8) is 0 Å². The maximum Gasteiger partial charge on any atom is 0.181 e. The summed E-state index contributed by atoms with van der Waals surface area (Å²) in [7, 11) is 1.67. The Morgan fingerprint density at radius 3 is 2.39 bits per heavy atom. The van der Waals surface area contributed by atoms with Crippen molar-refractivity contribution in [2.75, 3.05) is 12.2 Å². The smallest absolute Gasteiger partial charge is 0.181 e. The lowest BCUT2D eigenvalue weighted by atomic mass is 9.81. The fraction of sp³-hybridized carbons (Fsp3) is 0.233. The molecule has 4 aromatic rings. The first kappa shape index (κ1) is 24.6. The van der Waals surface area contributed by atoms with E-state index in [9.17, 15) is 4.79 Å². The maximum atomic E-state index is 14.2. The molecule has 2 heterocycles. The van der Waals surface area contributed by atoms with E-state index in [2.05, 4.69) is 26.0 Å². The van der Waals surface area contributed by atoms with E-state index in [0.29, 0.717) is 15.8 Å². The molecular weight excluding hydrogens is 490 g/mol. The number of anilines is 1. The average Bonchev–Trinajstić information content (AvgIpc) is 3.58. The number of rotatable bonds is 7. The first-order valence-electron chi connectivity index (χ1n) is 12.0. The molecule has 0 saturated carbocycles. The zero-order chi connectivity index (χ0) is 25.2.